The van der Waals surface area contributed by atoms with Gasteiger partial charge in [-0.1, -0.05) is 13.8 Å². The predicted molar refractivity (Wildman–Crippen MR) is 119 cm³/mol. The van der Waals surface area contributed by atoms with Gasteiger partial charge in [0, 0.05) is 45.0 Å². The Kier molecular flexibility index (Phi) is 10.1. The molecule has 0 aliphatic carbocycles. The van der Waals surface area contributed by atoms with Gasteiger partial charge in [-0.15, -0.1) is 24.0 Å². The molecule has 1 saturated heterocycles. The van der Waals surface area contributed by atoms with E-state index < -0.39 is 0 Å². The summed E-state index contributed by atoms with van der Waals surface area (Å²) >= 11 is 0. The van der Waals surface area contributed by atoms with Crippen molar-refractivity contribution in [1.29, 1.82) is 0 Å². The van der Waals surface area contributed by atoms with Crippen LogP contribution in [0.25, 0.3) is 0 Å². The van der Waals surface area contributed by atoms with Gasteiger partial charge in [0.1, 0.15) is 0 Å². The first-order chi connectivity index (χ1) is 12.0. The molecule has 2 N–H and O–H groups in total. The van der Waals surface area contributed by atoms with Crippen molar-refractivity contribution < 1.29 is 9.47 Å². The Labute approximate surface area is 174 Å². The number of anilines is 1. The third kappa shape index (κ3) is 6.83. The first kappa shape index (κ1) is 22.8. The lowest BCUT2D eigenvalue weighted by atomic mass is 9.92. The molecular formula is C19H33IN4O2. The molecule has 1 fully saturated rings. The lowest BCUT2D eigenvalue weighted by Gasteiger charge is -2.35. The summed E-state index contributed by atoms with van der Waals surface area (Å²) in [5.74, 6) is 3.73. The van der Waals surface area contributed by atoms with Crippen LogP contribution >= 0.6 is 24.0 Å². The van der Waals surface area contributed by atoms with Crippen molar-refractivity contribution in [1.82, 2.24) is 10.2 Å². The molecule has 6 nitrogen and oxygen atoms in total. The maximum atomic E-state index is 5.34. The second-order valence-electron chi connectivity index (χ2n) is 6.90. The van der Waals surface area contributed by atoms with Gasteiger partial charge in [0.15, 0.2) is 17.5 Å². The zero-order valence-corrected chi connectivity index (χ0v) is 18.9. The summed E-state index contributed by atoms with van der Waals surface area (Å²) in [5.41, 5.74) is 0.908. The molecule has 148 valence electrons. The van der Waals surface area contributed by atoms with E-state index in [1.54, 1.807) is 21.3 Å². The molecule has 0 spiro atoms. The summed E-state index contributed by atoms with van der Waals surface area (Å²) in [5, 5.41) is 6.68. The molecule has 2 atom stereocenters. The molecule has 0 saturated carbocycles. The summed E-state index contributed by atoms with van der Waals surface area (Å²) in [7, 11) is 5.05. The van der Waals surface area contributed by atoms with Crippen molar-refractivity contribution in [2.45, 2.75) is 20.3 Å². The maximum Gasteiger partial charge on any atom is 0.195 e. The highest BCUT2D eigenvalue weighted by atomic mass is 127. The predicted octanol–water partition coefficient (Wildman–Crippen LogP) is 3.29. The second-order valence-corrected chi connectivity index (χ2v) is 6.90. The van der Waals surface area contributed by atoms with Gasteiger partial charge in [-0.25, -0.2) is 0 Å². The molecule has 0 amide bonds. The van der Waals surface area contributed by atoms with Gasteiger partial charge in [-0.3, -0.25) is 4.99 Å². The van der Waals surface area contributed by atoms with Gasteiger partial charge >= 0.3 is 0 Å². The maximum absolute atomic E-state index is 5.34. The number of aliphatic imine (C=N–C) groups is 1. The Morgan fingerprint density at radius 2 is 1.81 bits per heavy atom. The van der Waals surface area contributed by atoms with Crippen molar-refractivity contribution in [3.05, 3.63) is 18.2 Å². The van der Waals surface area contributed by atoms with Crippen LogP contribution in [0.1, 0.15) is 20.3 Å². The number of benzene rings is 1. The van der Waals surface area contributed by atoms with Crippen LogP contribution < -0.4 is 20.1 Å². The lowest BCUT2D eigenvalue weighted by molar-refractivity contribution is 0.143. The monoisotopic (exact) mass is 476 g/mol. The highest BCUT2D eigenvalue weighted by Gasteiger charge is 2.21. The van der Waals surface area contributed by atoms with Crippen molar-refractivity contribution >= 4 is 35.6 Å². The number of rotatable bonds is 6. The number of piperidine rings is 1. The number of ether oxygens (including phenoxy) is 2. The van der Waals surface area contributed by atoms with Gasteiger partial charge in [-0.2, -0.15) is 0 Å². The minimum atomic E-state index is 0. The zero-order valence-electron chi connectivity index (χ0n) is 16.5. The minimum Gasteiger partial charge on any atom is -0.493 e. The van der Waals surface area contributed by atoms with Crippen LogP contribution in [0, 0.1) is 11.8 Å². The quantitative estimate of drug-likeness (QED) is 0.375. The Morgan fingerprint density at radius 3 is 2.38 bits per heavy atom. The van der Waals surface area contributed by atoms with Crippen LogP contribution in [0.15, 0.2) is 23.2 Å². The molecule has 0 bridgehead atoms. The largest absolute Gasteiger partial charge is 0.493 e. The number of guanidine groups is 1. The highest BCUT2D eigenvalue weighted by Crippen LogP contribution is 2.29. The molecule has 0 aromatic heterocycles. The summed E-state index contributed by atoms with van der Waals surface area (Å²) in [6.45, 7) is 8.95. The smallest absolute Gasteiger partial charge is 0.195 e. The Morgan fingerprint density at radius 1 is 1.15 bits per heavy atom. The normalized spacial score (nSPS) is 20.9. The van der Waals surface area contributed by atoms with Gasteiger partial charge in [0.2, 0.25) is 0 Å². The van der Waals surface area contributed by atoms with Crippen molar-refractivity contribution in [2.24, 2.45) is 16.8 Å². The second kappa shape index (κ2) is 11.5. The lowest BCUT2D eigenvalue weighted by Crippen LogP contribution is -2.43. The van der Waals surface area contributed by atoms with Crippen molar-refractivity contribution in [3.63, 3.8) is 0 Å². The molecule has 7 heteroatoms. The van der Waals surface area contributed by atoms with E-state index in [0.29, 0.717) is 11.5 Å². The van der Waals surface area contributed by atoms with E-state index in [-0.39, 0.29) is 24.0 Å². The van der Waals surface area contributed by atoms with Crippen molar-refractivity contribution in [3.8, 4) is 11.5 Å². The van der Waals surface area contributed by atoms with Crippen LogP contribution in [0.3, 0.4) is 0 Å². The number of hydrogen-bond acceptors (Lipinski definition) is 4. The number of likely N-dealkylation sites (tertiary alicyclic amines) is 1. The van der Waals surface area contributed by atoms with E-state index in [9.17, 15) is 0 Å². The molecule has 1 heterocycles. The Balaban J connectivity index is 0.00000338. The fourth-order valence-electron chi connectivity index (χ4n) is 3.54. The van der Waals surface area contributed by atoms with E-state index in [0.717, 1.165) is 36.6 Å². The third-order valence-electron chi connectivity index (χ3n) is 4.53. The Bertz CT molecular complexity index is 573. The molecule has 1 aliphatic heterocycles. The standard InChI is InChI=1S/C19H32N4O2.HI/c1-14-10-15(2)13-23(12-14)9-8-21-19(20-3)22-16-6-7-17(24-4)18(11-16)25-5;/h6-7,11,14-15H,8-10,12-13H2,1-5H3,(H2,20,21,22);1H. The van der Waals surface area contributed by atoms with E-state index in [1.165, 1.54) is 19.5 Å². The highest BCUT2D eigenvalue weighted by molar-refractivity contribution is 14.0. The van der Waals surface area contributed by atoms with Gasteiger partial charge in [0.25, 0.3) is 0 Å². The van der Waals surface area contributed by atoms with Gasteiger partial charge in [0.05, 0.1) is 14.2 Å². The summed E-state index contributed by atoms with van der Waals surface area (Å²) in [4.78, 5) is 6.84. The van der Waals surface area contributed by atoms with E-state index in [2.05, 4.69) is 34.4 Å². The number of nitrogens with one attached hydrogen (secondary N) is 2. The molecule has 26 heavy (non-hydrogen) atoms. The molecule has 1 aromatic rings. The molecule has 1 aromatic carbocycles. The van der Waals surface area contributed by atoms with Crippen LogP contribution in [0.4, 0.5) is 5.69 Å². The van der Waals surface area contributed by atoms with E-state index in [1.807, 2.05) is 18.2 Å². The fourth-order valence-corrected chi connectivity index (χ4v) is 3.54. The van der Waals surface area contributed by atoms with Crippen molar-refractivity contribution in [2.75, 3.05) is 52.8 Å². The average molecular weight is 476 g/mol. The first-order valence-corrected chi connectivity index (χ1v) is 8.97. The zero-order chi connectivity index (χ0) is 18.2. The van der Waals surface area contributed by atoms with E-state index in [4.69, 9.17) is 9.47 Å². The minimum absolute atomic E-state index is 0. The van der Waals surface area contributed by atoms with Crippen LogP contribution in [-0.2, 0) is 0 Å². The fraction of sp³-hybridized carbons (Fsp3) is 0.632. The van der Waals surface area contributed by atoms with Crippen LogP contribution in [0.2, 0.25) is 0 Å². The number of nitrogens with zero attached hydrogens (tertiary/aromatic N) is 2. The summed E-state index contributed by atoms with van der Waals surface area (Å²) in [6, 6.07) is 5.73. The first-order valence-electron chi connectivity index (χ1n) is 8.97. The topological polar surface area (TPSA) is 58.1 Å². The average Bonchev–Trinajstić information content (AvgIpc) is 2.59. The molecule has 1 aliphatic rings. The molecule has 2 rings (SSSR count). The number of halogens is 1. The molecular weight excluding hydrogens is 443 g/mol. The SMILES string of the molecule is CN=C(NCCN1CC(C)CC(C)C1)Nc1ccc(OC)c(OC)c1.I. The molecule has 0 radical (unpaired) electrons. The van der Waals surface area contributed by atoms with Crippen LogP contribution in [0.5, 0.6) is 11.5 Å². The number of methoxy groups -OCH3 is 2. The van der Waals surface area contributed by atoms with Gasteiger partial charge in [-0.05, 0) is 30.4 Å². The summed E-state index contributed by atoms with van der Waals surface area (Å²) in [6.07, 6.45) is 1.34. The molecule has 2 unspecified atom stereocenters. The van der Waals surface area contributed by atoms with Crippen LogP contribution in [-0.4, -0.2) is 58.3 Å². The number of hydrogen-bond donors (Lipinski definition) is 2. The summed E-state index contributed by atoms with van der Waals surface area (Å²) < 4.78 is 10.6. The Hall–Kier alpha value is -1.22. The third-order valence-corrected chi connectivity index (χ3v) is 4.53. The van der Waals surface area contributed by atoms with Gasteiger partial charge < -0.3 is 25.0 Å². The van der Waals surface area contributed by atoms with E-state index >= 15 is 0 Å².